The molecule has 0 unspecified atom stereocenters. The number of hydrogen-bond donors (Lipinski definition) is 2. The van der Waals surface area contributed by atoms with Crippen molar-refractivity contribution in [2.75, 3.05) is 0 Å². The van der Waals surface area contributed by atoms with E-state index in [1.807, 2.05) is 0 Å². The molecule has 78 valence electrons. The minimum atomic E-state index is -0.838. The van der Waals surface area contributed by atoms with Gasteiger partial charge in [0, 0.05) is 0 Å². The Labute approximate surface area is 82.6 Å². The standard InChI is InChI=1S/C9H15N3O2/c10-11-12-7-4-2-1-3-6(7)5-8(12)9(13)14/h6-8,10H,1-5H2,(H,13,14)/t6-,7+,8+/m1/s1. The Hall–Kier alpha value is -1.13. The van der Waals surface area contributed by atoms with Crippen LogP contribution in [0, 0.1) is 11.4 Å². The van der Waals surface area contributed by atoms with Crippen LogP contribution in [0.4, 0.5) is 0 Å². The van der Waals surface area contributed by atoms with Crippen molar-refractivity contribution in [3.63, 3.8) is 0 Å². The van der Waals surface area contributed by atoms with Crippen LogP contribution in [0.1, 0.15) is 32.1 Å². The third kappa shape index (κ3) is 1.36. The van der Waals surface area contributed by atoms with Gasteiger partial charge in [-0.15, -0.1) is 0 Å². The van der Waals surface area contributed by atoms with E-state index in [0.717, 1.165) is 19.3 Å². The molecule has 2 aliphatic rings. The molecule has 3 atom stereocenters. The molecule has 5 nitrogen and oxygen atoms in total. The number of nitrogens with zero attached hydrogens (tertiary/aromatic N) is 2. The van der Waals surface area contributed by atoms with Gasteiger partial charge in [0.1, 0.15) is 6.04 Å². The molecule has 0 aromatic rings. The average Bonchev–Trinajstić information content (AvgIpc) is 2.56. The highest BCUT2D eigenvalue weighted by molar-refractivity contribution is 5.74. The zero-order valence-electron chi connectivity index (χ0n) is 8.02. The van der Waals surface area contributed by atoms with E-state index in [9.17, 15) is 4.79 Å². The Morgan fingerprint density at radius 3 is 2.79 bits per heavy atom. The zero-order valence-corrected chi connectivity index (χ0v) is 8.02. The van der Waals surface area contributed by atoms with Crippen molar-refractivity contribution in [3.8, 4) is 0 Å². The molecule has 0 aromatic heterocycles. The van der Waals surface area contributed by atoms with Crippen molar-refractivity contribution in [1.82, 2.24) is 5.01 Å². The molecule has 2 rings (SSSR count). The fourth-order valence-corrected chi connectivity index (χ4v) is 2.80. The first kappa shape index (κ1) is 9.43. The lowest BCUT2D eigenvalue weighted by atomic mass is 9.85. The van der Waals surface area contributed by atoms with Gasteiger partial charge >= 0.3 is 5.97 Å². The van der Waals surface area contributed by atoms with E-state index in [2.05, 4.69) is 5.22 Å². The normalized spacial score (nSPS) is 36.6. The molecule has 1 saturated heterocycles. The molecule has 1 heterocycles. The van der Waals surface area contributed by atoms with Crippen LogP contribution in [0.15, 0.2) is 5.22 Å². The monoisotopic (exact) mass is 197 g/mol. The molecule has 1 aliphatic heterocycles. The van der Waals surface area contributed by atoms with Gasteiger partial charge in [-0.3, -0.25) is 5.01 Å². The molecule has 14 heavy (non-hydrogen) atoms. The van der Waals surface area contributed by atoms with Crippen molar-refractivity contribution in [2.24, 2.45) is 11.1 Å². The van der Waals surface area contributed by atoms with Crippen LogP contribution in [0.5, 0.6) is 0 Å². The van der Waals surface area contributed by atoms with Gasteiger partial charge in [-0.2, -0.15) is 5.53 Å². The first-order valence-corrected chi connectivity index (χ1v) is 5.12. The van der Waals surface area contributed by atoms with E-state index in [0.29, 0.717) is 12.3 Å². The van der Waals surface area contributed by atoms with Gasteiger partial charge in [-0.05, 0) is 25.2 Å². The third-order valence-corrected chi connectivity index (χ3v) is 3.45. The Morgan fingerprint density at radius 1 is 1.43 bits per heavy atom. The fourth-order valence-electron chi connectivity index (χ4n) is 2.80. The lowest BCUT2D eigenvalue weighted by molar-refractivity contribution is -0.143. The smallest absolute Gasteiger partial charge is 0.328 e. The van der Waals surface area contributed by atoms with E-state index in [1.54, 1.807) is 0 Å². The van der Waals surface area contributed by atoms with E-state index in [4.69, 9.17) is 10.6 Å². The van der Waals surface area contributed by atoms with Gasteiger partial charge in [-0.1, -0.05) is 18.1 Å². The number of carboxylic acid groups (broad SMARTS) is 1. The predicted octanol–water partition coefficient (Wildman–Crippen LogP) is 1.65. The van der Waals surface area contributed by atoms with Crippen LogP contribution in [0.3, 0.4) is 0 Å². The first-order valence-electron chi connectivity index (χ1n) is 5.12. The molecule has 1 saturated carbocycles. The Balaban J connectivity index is 2.16. The van der Waals surface area contributed by atoms with Crippen LogP contribution < -0.4 is 0 Å². The lowest BCUT2D eigenvalue weighted by Gasteiger charge is -2.29. The van der Waals surface area contributed by atoms with Crippen molar-refractivity contribution in [3.05, 3.63) is 0 Å². The second-order valence-electron chi connectivity index (χ2n) is 4.18. The minimum Gasteiger partial charge on any atom is -0.480 e. The maximum absolute atomic E-state index is 10.9. The summed E-state index contributed by atoms with van der Waals surface area (Å²) < 4.78 is 0. The maximum atomic E-state index is 10.9. The second kappa shape index (κ2) is 3.55. The number of nitrogens with one attached hydrogen (secondary N) is 1. The Kier molecular flexibility index (Phi) is 2.39. The number of rotatable bonds is 2. The van der Waals surface area contributed by atoms with Gasteiger partial charge in [0.05, 0.1) is 6.04 Å². The van der Waals surface area contributed by atoms with Crippen LogP contribution in [-0.4, -0.2) is 28.2 Å². The number of aliphatic carboxylic acids is 1. The summed E-state index contributed by atoms with van der Waals surface area (Å²) in [6, 6.07) is -0.344. The summed E-state index contributed by atoms with van der Waals surface area (Å²) in [5, 5.41) is 13.8. The van der Waals surface area contributed by atoms with Crippen LogP contribution >= 0.6 is 0 Å². The fraction of sp³-hybridized carbons (Fsp3) is 0.889. The topological polar surface area (TPSA) is 76.8 Å². The molecule has 0 spiro atoms. The summed E-state index contributed by atoms with van der Waals surface area (Å²) in [6.45, 7) is 0. The van der Waals surface area contributed by atoms with Gasteiger partial charge in [0.15, 0.2) is 0 Å². The molecular formula is C9H15N3O2. The second-order valence-corrected chi connectivity index (χ2v) is 4.18. The van der Waals surface area contributed by atoms with E-state index in [-0.39, 0.29) is 6.04 Å². The predicted molar refractivity (Wildman–Crippen MR) is 48.8 cm³/mol. The first-order chi connectivity index (χ1) is 6.74. The molecule has 0 amide bonds. The number of fused-ring (bicyclic) bond motifs is 1. The van der Waals surface area contributed by atoms with Gasteiger partial charge < -0.3 is 5.11 Å². The summed E-state index contributed by atoms with van der Waals surface area (Å²) in [5.41, 5.74) is 7.03. The number of hydrogen-bond acceptors (Lipinski definition) is 3. The lowest BCUT2D eigenvalue weighted by Crippen LogP contribution is -2.37. The third-order valence-electron chi connectivity index (χ3n) is 3.45. The summed E-state index contributed by atoms with van der Waals surface area (Å²) in [4.78, 5) is 10.9. The summed E-state index contributed by atoms with van der Waals surface area (Å²) >= 11 is 0. The largest absolute Gasteiger partial charge is 0.480 e. The quantitative estimate of drug-likeness (QED) is 0.661. The van der Waals surface area contributed by atoms with E-state index < -0.39 is 12.0 Å². The highest BCUT2D eigenvalue weighted by Crippen LogP contribution is 2.39. The van der Waals surface area contributed by atoms with Crippen LogP contribution in [-0.2, 0) is 4.79 Å². The van der Waals surface area contributed by atoms with E-state index in [1.165, 1.54) is 11.4 Å². The molecule has 0 aromatic carbocycles. The molecule has 2 fully saturated rings. The molecule has 0 bridgehead atoms. The van der Waals surface area contributed by atoms with Gasteiger partial charge in [0.25, 0.3) is 0 Å². The van der Waals surface area contributed by atoms with Crippen LogP contribution in [0.25, 0.3) is 0 Å². The Morgan fingerprint density at radius 2 is 2.14 bits per heavy atom. The molecule has 1 aliphatic carbocycles. The zero-order chi connectivity index (χ0) is 10.1. The summed E-state index contributed by atoms with van der Waals surface area (Å²) in [5.74, 6) is -0.394. The van der Waals surface area contributed by atoms with Crippen molar-refractivity contribution in [1.29, 1.82) is 5.53 Å². The van der Waals surface area contributed by atoms with Crippen molar-refractivity contribution >= 4 is 5.97 Å². The van der Waals surface area contributed by atoms with Gasteiger partial charge in [0.2, 0.25) is 0 Å². The van der Waals surface area contributed by atoms with Crippen molar-refractivity contribution in [2.45, 2.75) is 44.2 Å². The highest BCUT2D eigenvalue weighted by Gasteiger charge is 2.45. The number of carbonyl (C=O) groups is 1. The maximum Gasteiger partial charge on any atom is 0.328 e. The molecule has 2 N–H and O–H groups in total. The molecule has 5 heteroatoms. The van der Waals surface area contributed by atoms with E-state index >= 15 is 0 Å². The van der Waals surface area contributed by atoms with Crippen LogP contribution in [0.2, 0.25) is 0 Å². The minimum absolute atomic E-state index is 0.211. The average molecular weight is 197 g/mol. The summed E-state index contributed by atoms with van der Waals surface area (Å²) in [6.07, 6.45) is 5.10. The highest BCUT2D eigenvalue weighted by atomic mass is 16.4. The summed E-state index contributed by atoms with van der Waals surface area (Å²) in [7, 11) is 0. The number of carboxylic acids is 1. The SMILES string of the molecule is N=NN1[C@H](C(=O)O)C[C@H]2CCCC[C@@H]21. The Bertz CT molecular complexity index is 256. The van der Waals surface area contributed by atoms with Gasteiger partial charge in [-0.25, -0.2) is 4.79 Å². The van der Waals surface area contributed by atoms with Crippen molar-refractivity contribution < 1.29 is 9.90 Å². The molecule has 0 radical (unpaired) electrons. The molecular weight excluding hydrogens is 182 g/mol.